The Kier molecular flexibility index (Phi) is 6.07. The third kappa shape index (κ3) is 4.19. The summed E-state index contributed by atoms with van der Waals surface area (Å²) in [6.07, 6.45) is 2.18. The van der Waals surface area contributed by atoms with E-state index in [0.29, 0.717) is 12.1 Å². The van der Waals surface area contributed by atoms with Gasteiger partial charge in [-0.3, -0.25) is 15.1 Å². The maximum Gasteiger partial charge on any atom is 0.321 e. The molecule has 8 heteroatoms. The van der Waals surface area contributed by atoms with Crippen molar-refractivity contribution in [3.8, 4) is 0 Å². The highest BCUT2D eigenvalue weighted by Crippen LogP contribution is 2.48. The van der Waals surface area contributed by atoms with Crippen LogP contribution in [-0.2, 0) is 10.3 Å². The number of pyridine rings is 1. The number of aliphatic carboxylic acids is 1. The molecule has 2 heterocycles. The number of benzene rings is 1. The average molecular weight is 485 g/mol. The predicted octanol–water partition coefficient (Wildman–Crippen LogP) is 4.44. The van der Waals surface area contributed by atoms with E-state index in [1.165, 1.54) is 6.07 Å². The number of rotatable bonds is 4. The highest BCUT2D eigenvalue weighted by atomic mass is 79.9. The second-order valence-corrected chi connectivity index (χ2v) is 10.0. The molecule has 2 aromatic rings. The largest absolute Gasteiger partial charge is 0.480 e. The zero-order valence-corrected chi connectivity index (χ0v) is 18.8. The Morgan fingerprint density at radius 3 is 2.62 bits per heavy atom. The summed E-state index contributed by atoms with van der Waals surface area (Å²) in [7, 11) is 0. The van der Waals surface area contributed by atoms with Gasteiger partial charge in [-0.2, -0.15) is 0 Å². The normalized spacial score (nSPS) is 27.2. The molecule has 4 atom stereocenters. The van der Waals surface area contributed by atoms with Crippen molar-refractivity contribution in [3.05, 3.63) is 63.1 Å². The number of hydrogen-bond donors (Lipinski definition) is 3. The zero-order chi connectivity index (χ0) is 21.6. The van der Waals surface area contributed by atoms with Crippen LogP contribution in [0.4, 0.5) is 4.39 Å². The first-order valence-corrected chi connectivity index (χ1v) is 10.5. The number of carbonyl (C=O) groups is 1. The first-order chi connectivity index (χ1) is 13.4. The Bertz CT molecular complexity index is 919. The van der Waals surface area contributed by atoms with E-state index in [1.807, 2.05) is 20.8 Å². The van der Waals surface area contributed by atoms with Crippen LogP contribution in [0.3, 0.4) is 0 Å². The number of nitrogens with one attached hydrogen (secondary N) is 1. The molecule has 156 valence electrons. The van der Waals surface area contributed by atoms with Crippen molar-refractivity contribution in [1.82, 2.24) is 10.3 Å². The number of nitrogens with two attached hydrogens (primary N) is 1. The maximum atomic E-state index is 15.0. The Morgan fingerprint density at radius 2 is 2.07 bits per heavy atom. The molecule has 29 heavy (non-hydrogen) atoms. The SMILES string of the molecule is CC(C)(C)C[C@@H]1N[C@@H](C(=O)O)[C@H](c2cccc(Cl)c2F)[C@@]1(N)c1ccc(Br)cn1. The minimum atomic E-state index is -1.26. The highest BCUT2D eigenvalue weighted by molar-refractivity contribution is 9.10. The van der Waals surface area contributed by atoms with Gasteiger partial charge >= 0.3 is 5.97 Å². The highest BCUT2D eigenvalue weighted by Gasteiger charge is 2.58. The van der Waals surface area contributed by atoms with Crippen molar-refractivity contribution >= 4 is 33.5 Å². The van der Waals surface area contributed by atoms with Gasteiger partial charge in [-0.25, -0.2) is 4.39 Å². The van der Waals surface area contributed by atoms with Crippen LogP contribution in [0.25, 0.3) is 0 Å². The molecule has 0 unspecified atom stereocenters. The molecule has 1 aromatic heterocycles. The van der Waals surface area contributed by atoms with Crippen molar-refractivity contribution in [2.75, 3.05) is 0 Å². The number of hydrogen-bond acceptors (Lipinski definition) is 4. The summed E-state index contributed by atoms with van der Waals surface area (Å²) in [5, 5.41) is 13.0. The first kappa shape index (κ1) is 22.2. The molecule has 5 nitrogen and oxygen atoms in total. The van der Waals surface area contributed by atoms with Crippen molar-refractivity contribution in [2.45, 2.75) is 50.7 Å². The minimum Gasteiger partial charge on any atom is -0.480 e. The van der Waals surface area contributed by atoms with Gasteiger partial charge in [0.05, 0.1) is 16.3 Å². The second-order valence-electron chi connectivity index (χ2n) is 8.72. The minimum absolute atomic E-state index is 0.0722. The molecular formula is C21H24BrClFN3O2. The Balaban J connectivity index is 2.25. The molecule has 1 aliphatic rings. The summed E-state index contributed by atoms with van der Waals surface area (Å²) >= 11 is 9.38. The number of carboxylic acids is 1. The topological polar surface area (TPSA) is 88.2 Å². The van der Waals surface area contributed by atoms with Crippen LogP contribution in [0, 0.1) is 11.2 Å². The van der Waals surface area contributed by atoms with E-state index in [0.717, 1.165) is 4.47 Å². The van der Waals surface area contributed by atoms with Gasteiger partial charge < -0.3 is 10.8 Å². The first-order valence-electron chi connectivity index (χ1n) is 9.29. The van der Waals surface area contributed by atoms with Gasteiger partial charge in [0, 0.05) is 22.6 Å². The van der Waals surface area contributed by atoms with Crippen LogP contribution in [0.1, 0.15) is 44.4 Å². The lowest BCUT2D eigenvalue weighted by molar-refractivity contribution is -0.139. The van der Waals surface area contributed by atoms with Gasteiger partial charge in [-0.05, 0) is 51.5 Å². The molecule has 4 N–H and O–H groups in total. The van der Waals surface area contributed by atoms with Crippen LogP contribution >= 0.6 is 27.5 Å². The van der Waals surface area contributed by atoms with Crippen molar-refractivity contribution in [2.24, 2.45) is 11.1 Å². The van der Waals surface area contributed by atoms with Crippen LogP contribution in [0.15, 0.2) is 41.0 Å². The molecular weight excluding hydrogens is 461 g/mol. The molecule has 1 fully saturated rings. The van der Waals surface area contributed by atoms with E-state index in [1.54, 1.807) is 30.5 Å². The molecule has 1 saturated heterocycles. The fourth-order valence-electron chi connectivity index (χ4n) is 4.16. The smallest absolute Gasteiger partial charge is 0.321 e. The molecule has 0 aliphatic carbocycles. The lowest BCUT2D eigenvalue weighted by Gasteiger charge is -2.38. The fraction of sp³-hybridized carbons (Fsp3) is 0.429. The van der Waals surface area contributed by atoms with Gasteiger partial charge in [0.2, 0.25) is 0 Å². The van der Waals surface area contributed by atoms with Gasteiger partial charge in [-0.15, -0.1) is 0 Å². The third-order valence-corrected chi connectivity index (χ3v) is 6.14. The Hall–Kier alpha value is -1.54. The number of nitrogens with zero attached hydrogens (tertiary/aromatic N) is 1. The summed E-state index contributed by atoms with van der Waals surface area (Å²) in [4.78, 5) is 16.6. The number of aromatic nitrogens is 1. The lowest BCUT2D eigenvalue weighted by Crippen LogP contribution is -2.52. The van der Waals surface area contributed by atoms with E-state index in [-0.39, 0.29) is 16.0 Å². The molecule has 0 bridgehead atoms. The van der Waals surface area contributed by atoms with Crippen LogP contribution in [-0.4, -0.2) is 28.1 Å². The van der Waals surface area contributed by atoms with Crippen LogP contribution in [0.5, 0.6) is 0 Å². The van der Waals surface area contributed by atoms with E-state index in [4.69, 9.17) is 17.3 Å². The van der Waals surface area contributed by atoms with E-state index < -0.39 is 35.3 Å². The maximum absolute atomic E-state index is 15.0. The quantitative estimate of drug-likeness (QED) is 0.597. The third-order valence-electron chi connectivity index (χ3n) is 5.38. The molecule has 3 rings (SSSR count). The standard InChI is InChI=1S/C21H24BrClFN3O2/c1-20(2,3)9-15-21(25,14-8-7-11(22)10-26-14)16(18(27-15)19(28)29)12-5-4-6-13(23)17(12)24/h4-8,10,15-16,18,27H,9,25H2,1-3H3,(H,28,29)/t15-,16-,18+,21+/m0/s1. The molecule has 0 spiro atoms. The Morgan fingerprint density at radius 1 is 1.38 bits per heavy atom. The molecule has 0 saturated carbocycles. The molecule has 1 aliphatic heterocycles. The summed E-state index contributed by atoms with van der Waals surface area (Å²) < 4.78 is 15.8. The van der Waals surface area contributed by atoms with Crippen LogP contribution < -0.4 is 11.1 Å². The lowest BCUT2D eigenvalue weighted by atomic mass is 9.70. The zero-order valence-electron chi connectivity index (χ0n) is 16.4. The average Bonchev–Trinajstić information content (AvgIpc) is 2.90. The Labute approximate surface area is 183 Å². The second kappa shape index (κ2) is 7.95. The van der Waals surface area contributed by atoms with E-state index >= 15 is 4.39 Å². The van der Waals surface area contributed by atoms with Crippen molar-refractivity contribution in [3.63, 3.8) is 0 Å². The van der Waals surface area contributed by atoms with Crippen molar-refractivity contribution < 1.29 is 14.3 Å². The van der Waals surface area contributed by atoms with E-state index in [2.05, 4.69) is 26.2 Å². The van der Waals surface area contributed by atoms with E-state index in [9.17, 15) is 9.90 Å². The molecule has 1 aromatic carbocycles. The monoisotopic (exact) mass is 483 g/mol. The summed E-state index contributed by atoms with van der Waals surface area (Å²) in [6, 6.07) is 6.59. The predicted molar refractivity (Wildman–Crippen MR) is 114 cm³/mol. The van der Waals surface area contributed by atoms with Gasteiger partial charge in [-0.1, -0.05) is 44.5 Å². The molecule has 0 amide bonds. The van der Waals surface area contributed by atoms with Crippen LogP contribution in [0.2, 0.25) is 5.02 Å². The number of halogens is 3. The number of carboxylic acid groups (broad SMARTS) is 1. The summed E-state index contributed by atoms with van der Waals surface area (Å²) in [5.41, 5.74) is 6.24. The summed E-state index contributed by atoms with van der Waals surface area (Å²) in [6.45, 7) is 6.15. The summed E-state index contributed by atoms with van der Waals surface area (Å²) in [5.74, 6) is -2.66. The van der Waals surface area contributed by atoms with Gasteiger partial charge in [0.15, 0.2) is 0 Å². The fourth-order valence-corrected chi connectivity index (χ4v) is 4.58. The molecule has 0 radical (unpaired) electrons. The van der Waals surface area contributed by atoms with Crippen molar-refractivity contribution in [1.29, 1.82) is 0 Å². The van der Waals surface area contributed by atoms with Gasteiger partial charge in [0.25, 0.3) is 0 Å². The van der Waals surface area contributed by atoms with Gasteiger partial charge in [0.1, 0.15) is 11.9 Å².